The Hall–Kier alpha value is -0.880. The van der Waals surface area contributed by atoms with Gasteiger partial charge < -0.3 is 4.74 Å². The molecule has 14 heavy (non-hydrogen) atoms. The van der Waals surface area contributed by atoms with Gasteiger partial charge in [-0.25, -0.2) is 17.6 Å². The highest BCUT2D eigenvalue weighted by Gasteiger charge is 2.38. The second-order valence-electron chi connectivity index (χ2n) is 2.42. The summed E-state index contributed by atoms with van der Waals surface area (Å²) in [6.07, 6.45) is -13.4. The van der Waals surface area contributed by atoms with E-state index in [9.17, 15) is 26.7 Å². The van der Waals surface area contributed by atoms with E-state index in [0.29, 0.717) is 0 Å². The molecule has 0 heterocycles. The van der Waals surface area contributed by atoms with Crippen LogP contribution in [0.5, 0.6) is 0 Å². The molecule has 0 fully saturated rings. The molecule has 0 saturated carbocycles. The minimum Gasteiger partial charge on any atom is -0.428 e. The molecule has 0 aliphatic carbocycles. The summed E-state index contributed by atoms with van der Waals surface area (Å²) in [4.78, 5) is 10.4. The van der Waals surface area contributed by atoms with Gasteiger partial charge in [0.15, 0.2) is 6.17 Å². The Labute approximate surface area is 77.0 Å². The molecule has 3 unspecified atom stereocenters. The van der Waals surface area contributed by atoms with E-state index in [2.05, 4.69) is 4.74 Å². The van der Waals surface area contributed by atoms with Crippen molar-refractivity contribution < 1.29 is 31.5 Å². The van der Waals surface area contributed by atoms with Crippen molar-refractivity contribution in [1.29, 1.82) is 0 Å². The van der Waals surface area contributed by atoms with Crippen molar-refractivity contribution in [2.45, 2.75) is 38.5 Å². The molecule has 0 spiro atoms. The zero-order valence-corrected chi connectivity index (χ0v) is 7.22. The van der Waals surface area contributed by atoms with E-state index < -0.39 is 31.1 Å². The Kier molecular flexibility index (Phi) is 5.40. The fraction of sp³-hybridized carbons (Fsp3) is 0.857. The molecule has 0 saturated heterocycles. The van der Waals surface area contributed by atoms with E-state index in [-0.39, 0.29) is 6.42 Å². The van der Waals surface area contributed by atoms with Gasteiger partial charge in [0.05, 0.1) is 0 Å². The fourth-order valence-electron chi connectivity index (χ4n) is 0.557. The summed E-state index contributed by atoms with van der Waals surface area (Å²) in [5, 5.41) is 0. The number of rotatable bonds is 5. The van der Waals surface area contributed by atoms with Crippen molar-refractivity contribution in [3.05, 3.63) is 0 Å². The largest absolute Gasteiger partial charge is 0.428 e. The molecule has 0 aromatic carbocycles. The van der Waals surface area contributed by atoms with Gasteiger partial charge in [0.1, 0.15) is 0 Å². The average Bonchev–Trinajstić information content (AvgIpc) is 2.14. The lowest BCUT2D eigenvalue weighted by Crippen LogP contribution is -2.35. The molecule has 7 heteroatoms. The maximum Gasteiger partial charge on any atom is 0.308 e. The van der Waals surface area contributed by atoms with Gasteiger partial charge in [-0.3, -0.25) is 4.79 Å². The Bertz CT molecular complexity index is 187. The van der Waals surface area contributed by atoms with Crippen LogP contribution < -0.4 is 0 Å². The third-order valence-corrected chi connectivity index (χ3v) is 1.33. The van der Waals surface area contributed by atoms with Gasteiger partial charge in [-0.15, -0.1) is 0 Å². The number of halogens is 5. The van der Waals surface area contributed by atoms with Crippen molar-refractivity contribution in [2.24, 2.45) is 0 Å². The first-order valence-corrected chi connectivity index (χ1v) is 3.80. The lowest BCUT2D eigenvalue weighted by molar-refractivity contribution is -0.171. The highest BCUT2D eigenvalue weighted by Crippen LogP contribution is 2.19. The molecule has 2 nitrogen and oxygen atoms in total. The summed E-state index contributed by atoms with van der Waals surface area (Å²) in [7, 11) is 0. The number of carbonyl (C=O) groups is 1. The van der Waals surface area contributed by atoms with Gasteiger partial charge in [-0.2, -0.15) is 4.39 Å². The first kappa shape index (κ1) is 13.1. The molecule has 0 bridgehead atoms. The number of ether oxygens (including phenoxy) is 1. The molecule has 0 amide bonds. The topological polar surface area (TPSA) is 26.3 Å². The Balaban J connectivity index is 4.10. The second kappa shape index (κ2) is 5.77. The van der Waals surface area contributed by atoms with E-state index in [0.717, 1.165) is 0 Å². The fourth-order valence-corrected chi connectivity index (χ4v) is 0.557. The van der Waals surface area contributed by atoms with Crippen LogP contribution in [0.15, 0.2) is 0 Å². The Morgan fingerprint density at radius 2 is 1.64 bits per heavy atom. The Morgan fingerprint density at radius 1 is 1.14 bits per heavy atom. The van der Waals surface area contributed by atoms with E-state index in [4.69, 9.17) is 0 Å². The molecular weight excluding hydrogens is 211 g/mol. The number of hydrogen-bond donors (Lipinski definition) is 0. The average molecular weight is 220 g/mol. The van der Waals surface area contributed by atoms with Crippen LogP contribution in [0.4, 0.5) is 22.0 Å². The summed E-state index contributed by atoms with van der Waals surface area (Å²) in [5.41, 5.74) is 0. The van der Waals surface area contributed by atoms with Crippen LogP contribution in [0.25, 0.3) is 0 Å². The SMILES string of the molecule is CCC(=O)OC(F)C(F)C(F)C(F)F. The lowest BCUT2D eigenvalue weighted by atomic mass is 10.2. The van der Waals surface area contributed by atoms with Gasteiger partial charge in [0.25, 0.3) is 12.8 Å². The van der Waals surface area contributed by atoms with E-state index in [1.54, 1.807) is 0 Å². The summed E-state index contributed by atoms with van der Waals surface area (Å²) < 4.78 is 63.8. The van der Waals surface area contributed by atoms with E-state index in [1.165, 1.54) is 6.92 Å². The number of alkyl halides is 5. The zero-order valence-electron chi connectivity index (χ0n) is 7.22. The van der Waals surface area contributed by atoms with Crippen LogP contribution >= 0.6 is 0 Å². The smallest absolute Gasteiger partial charge is 0.308 e. The van der Waals surface area contributed by atoms with Crippen molar-refractivity contribution in [2.75, 3.05) is 0 Å². The van der Waals surface area contributed by atoms with Crippen LogP contribution in [0.2, 0.25) is 0 Å². The van der Waals surface area contributed by atoms with E-state index >= 15 is 0 Å². The van der Waals surface area contributed by atoms with Crippen molar-refractivity contribution in [3.63, 3.8) is 0 Å². The zero-order chi connectivity index (χ0) is 11.3. The molecule has 0 aliphatic rings. The van der Waals surface area contributed by atoms with Gasteiger partial charge >= 0.3 is 5.97 Å². The summed E-state index contributed by atoms with van der Waals surface area (Å²) in [6.45, 7) is 1.29. The predicted molar refractivity (Wildman–Crippen MR) is 37.1 cm³/mol. The molecule has 0 aliphatic heterocycles. The summed E-state index contributed by atoms with van der Waals surface area (Å²) >= 11 is 0. The lowest BCUT2D eigenvalue weighted by Gasteiger charge is -2.16. The second-order valence-corrected chi connectivity index (χ2v) is 2.42. The monoisotopic (exact) mass is 220 g/mol. The first-order valence-electron chi connectivity index (χ1n) is 3.80. The molecule has 0 aromatic heterocycles. The number of hydrogen-bond acceptors (Lipinski definition) is 2. The van der Waals surface area contributed by atoms with Gasteiger partial charge in [0.2, 0.25) is 6.17 Å². The van der Waals surface area contributed by atoms with Crippen molar-refractivity contribution in [1.82, 2.24) is 0 Å². The third kappa shape index (κ3) is 3.89. The van der Waals surface area contributed by atoms with Crippen LogP contribution in [0.3, 0.4) is 0 Å². The molecule has 0 N–H and O–H groups in total. The standard InChI is InChI=1S/C7H9F5O2/c1-2-3(13)14-7(12)5(9)4(8)6(10)11/h4-7H,2H2,1H3. The van der Waals surface area contributed by atoms with Gasteiger partial charge in [-0.05, 0) is 0 Å². The Morgan fingerprint density at radius 3 is 2.00 bits per heavy atom. The molecule has 84 valence electrons. The highest BCUT2D eigenvalue weighted by molar-refractivity contribution is 5.69. The van der Waals surface area contributed by atoms with Crippen LogP contribution in [0.1, 0.15) is 13.3 Å². The minimum absolute atomic E-state index is 0.251. The molecular formula is C7H9F5O2. The number of esters is 1. The van der Waals surface area contributed by atoms with Crippen LogP contribution in [-0.2, 0) is 9.53 Å². The first-order chi connectivity index (χ1) is 6.40. The van der Waals surface area contributed by atoms with E-state index in [1.807, 2.05) is 0 Å². The summed E-state index contributed by atoms with van der Waals surface area (Å²) in [6, 6.07) is 0. The number of carbonyl (C=O) groups excluding carboxylic acids is 1. The van der Waals surface area contributed by atoms with Crippen LogP contribution in [0, 0.1) is 0 Å². The predicted octanol–water partition coefficient (Wildman–Crippen LogP) is 2.18. The summed E-state index contributed by atoms with van der Waals surface area (Å²) in [5.74, 6) is -1.12. The highest BCUT2D eigenvalue weighted by atomic mass is 19.3. The maximum atomic E-state index is 12.5. The van der Waals surface area contributed by atoms with Crippen LogP contribution in [-0.4, -0.2) is 31.1 Å². The normalized spacial score (nSPS) is 17.6. The quantitative estimate of drug-likeness (QED) is 0.524. The minimum atomic E-state index is -3.65. The van der Waals surface area contributed by atoms with Gasteiger partial charge in [-0.1, -0.05) is 6.92 Å². The molecule has 0 rings (SSSR count). The van der Waals surface area contributed by atoms with Crippen molar-refractivity contribution >= 4 is 5.97 Å². The molecule has 0 aromatic rings. The molecule has 0 radical (unpaired) electrons. The van der Waals surface area contributed by atoms with Crippen molar-refractivity contribution in [3.8, 4) is 0 Å². The van der Waals surface area contributed by atoms with Gasteiger partial charge in [0, 0.05) is 6.42 Å². The molecule has 3 atom stereocenters. The maximum absolute atomic E-state index is 12.5. The third-order valence-electron chi connectivity index (χ3n) is 1.33.